The Labute approximate surface area is 182 Å². The monoisotopic (exact) mass is 446 g/mol. The molecule has 0 radical (unpaired) electrons. The molecule has 2 aromatic rings. The third-order valence-corrected chi connectivity index (χ3v) is 5.68. The van der Waals surface area contributed by atoms with Crippen LogP contribution in [-0.4, -0.2) is 40.7 Å². The quantitative estimate of drug-likeness (QED) is 0.663. The minimum absolute atomic E-state index is 0.0489. The zero-order valence-corrected chi connectivity index (χ0v) is 18.1. The van der Waals surface area contributed by atoms with Crippen molar-refractivity contribution in [2.75, 3.05) is 19.0 Å². The number of phenolic OH excluding ortho intramolecular Hbond substituents is 1. The minimum Gasteiger partial charge on any atom is -0.503 e. The Morgan fingerprint density at radius 2 is 1.93 bits per heavy atom. The van der Waals surface area contributed by atoms with Gasteiger partial charge in [0.1, 0.15) is 6.54 Å². The van der Waals surface area contributed by atoms with Gasteiger partial charge in [-0.05, 0) is 60.5 Å². The number of hydrogen-bond acceptors (Lipinski definition) is 6. The summed E-state index contributed by atoms with van der Waals surface area (Å²) in [5, 5.41) is 12.1. The van der Waals surface area contributed by atoms with Crippen LogP contribution < -0.4 is 10.1 Å². The van der Waals surface area contributed by atoms with Crippen LogP contribution in [0.1, 0.15) is 16.7 Å². The number of aromatic hydroxyl groups is 1. The number of hydrogen-bond donors (Lipinski definition) is 2. The molecule has 0 spiro atoms. The van der Waals surface area contributed by atoms with Crippen LogP contribution in [0.4, 0.5) is 10.5 Å². The summed E-state index contributed by atoms with van der Waals surface area (Å²) >= 11 is 6.69. The molecule has 0 saturated carbocycles. The van der Waals surface area contributed by atoms with E-state index in [1.54, 1.807) is 0 Å². The van der Waals surface area contributed by atoms with E-state index in [1.165, 1.54) is 25.3 Å². The lowest BCUT2D eigenvalue weighted by Crippen LogP contribution is -2.36. The number of thioether (sulfide) groups is 1. The Hall–Kier alpha value is -2.97. The van der Waals surface area contributed by atoms with E-state index in [0.717, 1.165) is 27.8 Å². The van der Waals surface area contributed by atoms with Gasteiger partial charge in [-0.15, -0.1) is 0 Å². The number of imide groups is 1. The zero-order chi connectivity index (χ0) is 22.0. The van der Waals surface area contributed by atoms with Gasteiger partial charge in [-0.2, -0.15) is 0 Å². The van der Waals surface area contributed by atoms with Crippen LogP contribution in [0.5, 0.6) is 11.5 Å². The fraction of sp³-hybridized carbons (Fsp3) is 0.190. The molecule has 2 N–H and O–H groups in total. The van der Waals surface area contributed by atoms with Crippen molar-refractivity contribution in [3.05, 3.63) is 56.9 Å². The smallest absolute Gasteiger partial charge is 0.294 e. The standard InChI is InChI=1S/C21H19ClN2O5S/c1-11-5-4-6-12(2)18(11)23-17(25)10-24-20(27)16(30-21(24)28)9-13-7-14(22)19(26)15(8-13)29-3/h4-9,26H,10H2,1-3H3,(H,23,25)/b16-9-. The van der Waals surface area contributed by atoms with Crippen LogP contribution >= 0.6 is 23.4 Å². The molecule has 3 amide bonds. The van der Waals surface area contributed by atoms with E-state index < -0.39 is 23.6 Å². The number of rotatable bonds is 5. The first kappa shape index (κ1) is 21.7. The molecule has 1 heterocycles. The molecule has 9 heteroatoms. The van der Waals surface area contributed by atoms with Gasteiger partial charge in [0.2, 0.25) is 5.91 Å². The molecule has 7 nitrogen and oxygen atoms in total. The van der Waals surface area contributed by atoms with Gasteiger partial charge in [-0.3, -0.25) is 19.3 Å². The third kappa shape index (κ3) is 4.44. The summed E-state index contributed by atoms with van der Waals surface area (Å²) in [7, 11) is 1.37. The van der Waals surface area contributed by atoms with Crippen molar-refractivity contribution < 1.29 is 24.2 Å². The highest BCUT2D eigenvalue weighted by molar-refractivity contribution is 8.18. The van der Waals surface area contributed by atoms with Gasteiger partial charge < -0.3 is 15.2 Å². The maximum absolute atomic E-state index is 12.7. The molecule has 0 aromatic heterocycles. The highest BCUT2D eigenvalue weighted by atomic mass is 35.5. The average Bonchev–Trinajstić information content (AvgIpc) is 2.95. The molecular weight excluding hydrogens is 428 g/mol. The van der Waals surface area contributed by atoms with Crippen molar-refractivity contribution in [1.29, 1.82) is 0 Å². The van der Waals surface area contributed by atoms with Gasteiger partial charge in [0.15, 0.2) is 11.5 Å². The summed E-state index contributed by atoms with van der Waals surface area (Å²) in [5.74, 6) is -1.12. The van der Waals surface area contributed by atoms with Crippen LogP contribution in [0.15, 0.2) is 35.2 Å². The second kappa shape index (κ2) is 8.81. The van der Waals surface area contributed by atoms with Gasteiger partial charge in [-0.25, -0.2) is 0 Å². The van der Waals surface area contributed by atoms with Crippen molar-refractivity contribution in [2.24, 2.45) is 0 Å². The summed E-state index contributed by atoms with van der Waals surface area (Å²) in [4.78, 5) is 38.5. The maximum atomic E-state index is 12.7. The van der Waals surface area contributed by atoms with Crippen molar-refractivity contribution in [3.63, 3.8) is 0 Å². The average molecular weight is 447 g/mol. The van der Waals surface area contributed by atoms with E-state index in [4.69, 9.17) is 16.3 Å². The van der Waals surface area contributed by atoms with E-state index in [-0.39, 0.29) is 21.4 Å². The summed E-state index contributed by atoms with van der Waals surface area (Å²) in [6.45, 7) is 3.33. The predicted octanol–water partition coefficient (Wildman–Crippen LogP) is 4.35. The number of carbonyl (C=O) groups is 3. The Kier molecular flexibility index (Phi) is 6.38. The maximum Gasteiger partial charge on any atom is 0.294 e. The summed E-state index contributed by atoms with van der Waals surface area (Å²) in [6.07, 6.45) is 1.46. The fourth-order valence-corrected chi connectivity index (χ4v) is 4.01. The lowest BCUT2D eigenvalue weighted by molar-refractivity contribution is -0.127. The number of amides is 3. The first-order chi connectivity index (χ1) is 14.2. The van der Waals surface area contributed by atoms with Gasteiger partial charge >= 0.3 is 0 Å². The van der Waals surface area contributed by atoms with Crippen molar-refractivity contribution >= 4 is 52.2 Å². The molecule has 3 rings (SSSR count). The number of nitrogens with zero attached hydrogens (tertiary/aromatic N) is 1. The first-order valence-corrected chi connectivity index (χ1v) is 10.1. The van der Waals surface area contributed by atoms with E-state index in [1.807, 2.05) is 32.0 Å². The first-order valence-electron chi connectivity index (χ1n) is 8.89. The summed E-state index contributed by atoms with van der Waals surface area (Å²) in [5.41, 5.74) is 2.90. The topological polar surface area (TPSA) is 95.9 Å². The third-order valence-electron chi connectivity index (χ3n) is 4.49. The Balaban J connectivity index is 1.77. The van der Waals surface area contributed by atoms with Crippen LogP contribution in [0.25, 0.3) is 6.08 Å². The van der Waals surface area contributed by atoms with E-state index in [0.29, 0.717) is 11.3 Å². The van der Waals surface area contributed by atoms with Crippen molar-refractivity contribution in [2.45, 2.75) is 13.8 Å². The highest BCUT2D eigenvalue weighted by Gasteiger charge is 2.36. The second-order valence-electron chi connectivity index (χ2n) is 6.64. The largest absolute Gasteiger partial charge is 0.503 e. The molecule has 1 aliphatic rings. The number of benzene rings is 2. The Morgan fingerprint density at radius 3 is 2.57 bits per heavy atom. The number of aryl methyl sites for hydroxylation is 2. The molecule has 2 aromatic carbocycles. The normalized spacial score (nSPS) is 15.1. The lowest BCUT2D eigenvalue weighted by Gasteiger charge is -2.15. The van der Waals surface area contributed by atoms with Crippen LogP contribution in [0, 0.1) is 13.8 Å². The number of ether oxygens (including phenoxy) is 1. The highest BCUT2D eigenvalue weighted by Crippen LogP contribution is 2.38. The molecule has 0 bridgehead atoms. The molecule has 1 fully saturated rings. The Morgan fingerprint density at radius 1 is 1.27 bits per heavy atom. The number of methoxy groups -OCH3 is 1. The molecule has 0 atom stereocenters. The minimum atomic E-state index is -0.579. The molecule has 1 aliphatic heterocycles. The summed E-state index contributed by atoms with van der Waals surface area (Å²) in [6, 6.07) is 8.54. The summed E-state index contributed by atoms with van der Waals surface area (Å²) < 4.78 is 5.04. The van der Waals surface area contributed by atoms with E-state index in [9.17, 15) is 19.5 Å². The number of phenols is 1. The van der Waals surface area contributed by atoms with Crippen LogP contribution in [0.3, 0.4) is 0 Å². The molecule has 0 unspecified atom stereocenters. The lowest BCUT2D eigenvalue weighted by atomic mass is 10.1. The second-order valence-corrected chi connectivity index (χ2v) is 8.04. The number of para-hydroxylation sites is 1. The predicted molar refractivity (Wildman–Crippen MR) is 117 cm³/mol. The number of anilines is 1. The Bertz CT molecular complexity index is 1060. The molecule has 156 valence electrons. The number of carbonyl (C=O) groups excluding carboxylic acids is 3. The zero-order valence-electron chi connectivity index (χ0n) is 16.5. The molecule has 0 aliphatic carbocycles. The van der Waals surface area contributed by atoms with Crippen LogP contribution in [-0.2, 0) is 9.59 Å². The fourth-order valence-electron chi connectivity index (χ4n) is 2.95. The van der Waals surface area contributed by atoms with Gasteiger partial charge in [0.05, 0.1) is 17.0 Å². The van der Waals surface area contributed by atoms with Gasteiger partial charge in [0.25, 0.3) is 11.1 Å². The number of nitrogens with one attached hydrogen (secondary N) is 1. The molecule has 1 saturated heterocycles. The van der Waals surface area contributed by atoms with Gasteiger partial charge in [0, 0.05) is 5.69 Å². The number of halogens is 1. The molecule has 30 heavy (non-hydrogen) atoms. The SMILES string of the molecule is COc1cc(/C=C2\SC(=O)N(CC(=O)Nc3c(C)cccc3C)C2=O)cc(Cl)c1O. The van der Waals surface area contributed by atoms with Crippen LogP contribution in [0.2, 0.25) is 5.02 Å². The van der Waals surface area contributed by atoms with E-state index >= 15 is 0 Å². The molecular formula is C21H19ClN2O5S. The van der Waals surface area contributed by atoms with Gasteiger partial charge in [-0.1, -0.05) is 29.8 Å². The van der Waals surface area contributed by atoms with Crippen molar-refractivity contribution in [1.82, 2.24) is 4.90 Å². The van der Waals surface area contributed by atoms with E-state index in [2.05, 4.69) is 5.32 Å². The van der Waals surface area contributed by atoms with Crippen molar-refractivity contribution in [3.8, 4) is 11.5 Å².